The highest BCUT2D eigenvalue weighted by Gasteiger charge is 2.15. The quantitative estimate of drug-likeness (QED) is 0.238. The molecular weight excluding hydrogens is 484 g/mol. The van der Waals surface area contributed by atoms with Crippen LogP contribution in [0.5, 0.6) is 0 Å². The predicted octanol–water partition coefficient (Wildman–Crippen LogP) is 10.9. The first-order valence-electron chi connectivity index (χ1n) is 13.6. The van der Waals surface area contributed by atoms with Gasteiger partial charge in [0.2, 0.25) is 0 Å². The van der Waals surface area contributed by atoms with Gasteiger partial charge in [-0.05, 0) is 81.9 Å². The van der Waals surface area contributed by atoms with Crippen LogP contribution in [0.1, 0.15) is 0 Å². The van der Waals surface area contributed by atoms with Crippen molar-refractivity contribution >= 4 is 50.0 Å². The first-order chi connectivity index (χ1) is 19.8. The highest BCUT2D eigenvalue weighted by Crippen LogP contribution is 2.39. The number of nitrogens with one attached hydrogen (secondary N) is 1. The maximum absolute atomic E-state index is 3.54. The fourth-order valence-corrected chi connectivity index (χ4v) is 5.39. The molecule has 0 saturated heterocycles. The molecule has 0 spiro atoms. The van der Waals surface area contributed by atoms with Crippen LogP contribution in [0.4, 0.5) is 28.4 Å². The van der Waals surface area contributed by atoms with Gasteiger partial charge in [-0.1, -0.05) is 109 Å². The fraction of sp³-hybridized carbons (Fsp3) is 0. The van der Waals surface area contributed by atoms with Crippen molar-refractivity contribution in [2.45, 2.75) is 0 Å². The van der Waals surface area contributed by atoms with E-state index in [0.29, 0.717) is 0 Å². The van der Waals surface area contributed by atoms with Gasteiger partial charge in [-0.2, -0.15) is 0 Å². The number of para-hydroxylation sites is 1. The summed E-state index contributed by atoms with van der Waals surface area (Å²) in [4.78, 5) is 2.34. The molecule has 7 aromatic rings. The van der Waals surface area contributed by atoms with E-state index in [4.69, 9.17) is 0 Å². The minimum Gasteiger partial charge on any atom is -0.356 e. The van der Waals surface area contributed by atoms with Crippen LogP contribution >= 0.6 is 0 Å². The molecule has 0 aliphatic carbocycles. The molecule has 7 rings (SSSR count). The third kappa shape index (κ3) is 4.68. The molecule has 0 aromatic heterocycles. The predicted molar refractivity (Wildman–Crippen MR) is 171 cm³/mol. The van der Waals surface area contributed by atoms with Crippen molar-refractivity contribution in [3.05, 3.63) is 164 Å². The highest BCUT2D eigenvalue weighted by atomic mass is 15.1. The van der Waals surface area contributed by atoms with Crippen LogP contribution in [0.2, 0.25) is 0 Å². The lowest BCUT2D eigenvalue weighted by atomic mass is 10.0. The van der Waals surface area contributed by atoms with Crippen LogP contribution < -0.4 is 10.2 Å². The molecule has 40 heavy (non-hydrogen) atoms. The number of rotatable bonds is 6. The first kappa shape index (κ1) is 23.8. The van der Waals surface area contributed by atoms with Crippen LogP contribution in [0.15, 0.2) is 164 Å². The van der Waals surface area contributed by atoms with Gasteiger partial charge in [-0.25, -0.2) is 0 Å². The van der Waals surface area contributed by atoms with E-state index in [1.165, 1.54) is 38.4 Å². The van der Waals surface area contributed by atoms with Crippen LogP contribution in [0, 0.1) is 0 Å². The number of benzene rings is 7. The molecule has 0 radical (unpaired) electrons. The zero-order chi connectivity index (χ0) is 26.7. The molecule has 0 atom stereocenters. The molecule has 2 heteroatoms. The molecule has 0 unspecified atom stereocenters. The second-order valence-electron chi connectivity index (χ2n) is 9.98. The minimum absolute atomic E-state index is 1.07. The third-order valence-corrected chi connectivity index (χ3v) is 7.40. The Morgan fingerprint density at radius 3 is 1.73 bits per heavy atom. The molecule has 2 nitrogen and oxygen atoms in total. The monoisotopic (exact) mass is 512 g/mol. The molecule has 0 aliphatic heterocycles. The number of hydrogen-bond donors (Lipinski definition) is 1. The number of anilines is 5. The molecule has 0 fully saturated rings. The van der Waals surface area contributed by atoms with E-state index in [1.807, 2.05) is 0 Å². The molecule has 0 saturated carbocycles. The largest absolute Gasteiger partial charge is 0.356 e. The van der Waals surface area contributed by atoms with Gasteiger partial charge in [-0.15, -0.1) is 0 Å². The molecule has 0 aliphatic rings. The van der Waals surface area contributed by atoms with Crippen LogP contribution in [0.25, 0.3) is 32.7 Å². The van der Waals surface area contributed by atoms with Crippen molar-refractivity contribution in [3.63, 3.8) is 0 Å². The fourth-order valence-electron chi connectivity index (χ4n) is 5.39. The summed E-state index contributed by atoms with van der Waals surface area (Å²) in [6, 6.07) is 58.1. The second-order valence-corrected chi connectivity index (χ2v) is 9.98. The standard InChI is InChI=1S/C38H28N2/c1-2-13-35(14-3-1)40(38-16-8-12-31-10-6-7-15-37(31)38)36-25-20-30(21-26-36)29-17-22-33(23-18-29)39-34-24-19-28-9-4-5-11-32(28)27-34/h1-27,39H. The first-order valence-corrected chi connectivity index (χ1v) is 13.6. The second kappa shape index (κ2) is 10.4. The van der Waals surface area contributed by atoms with Crippen molar-refractivity contribution in [1.82, 2.24) is 0 Å². The Morgan fingerprint density at radius 2 is 0.950 bits per heavy atom. The number of fused-ring (bicyclic) bond motifs is 2. The smallest absolute Gasteiger partial charge is 0.0540 e. The Kier molecular flexibility index (Phi) is 6.20. The molecule has 0 amide bonds. The van der Waals surface area contributed by atoms with Crippen LogP contribution in [0.3, 0.4) is 0 Å². The van der Waals surface area contributed by atoms with Gasteiger partial charge < -0.3 is 10.2 Å². The zero-order valence-corrected chi connectivity index (χ0v) is 22.0. The van der Waals surface area contributed by atoms with Gasteiger partial charge in [0.1, 0.15) is 0 Å². The highest BCUT2D eigenvalue weighted by molar-refractivity contribution is 5.99. The van der Waals surface area contributed by atoms with E-state index in [0.717, 1.165) is 22.7 Å². The van der Waals surface area contributed by atoms with Crippen molar-refractivity contribution in [2.24, 2.45) is 0 Å². The van der Waals surface area contributed by atoms with Gasteiger partial charge >= 0.3 is 0 Å². The SMILES string of the molecule is c1ccc(N(c2ccc(-c3ccc(Nc4ccc5ccccc5c4)cc3)cc2)c2cccc3ccccc23)cc1. The maximum Gasteiger partial charge on any atom is 0.0540 e. The van der Waals surface area contributed by atoms with Gasteiger partial charge in [0, 0.05) is 28.1 Å². The Morgan fingerprint density at radius 1 is 0.375 bits per heavy atom. The van der Waals surface area contributed by atoms with Crippen molar-refractivity contribution in [3.8, 4) is 11.1 Å². The summed E-state index contributed by atoms with van der Waals surface area (Å²) in [7, 11) is 0. The minimum atomic E-state index is 1.07. The Balaban J connectivity index is 1.17. The summed E-state index contributed by atoms with van der Waals surface area (Å²) in [5.74, 6) is 0. The molecule has 0 heterocycles. The Hall–Kier alpha value is -5.34. The van der Waals surface area contributed by atoms with E-state index in [1.54, 1.807) is 0 Å². The summed E-state index contributed by atoms with van der Waals surface area (Å²) in [5, 5.41) is 8.49. The van der Waals surface area contributed by atoms with Crippen LogP contribution in [-0.4, -0.2) is 0 Å². The molecule has 0 bridgehead atoms. The van der Waals surface area contributed by atoms with Gasteiger partial charge in [0.05, 0.1) is 5.69 Å². The Labute approximate surface area is 234 Å². The third-order valence-electron chi connectivity index (χ3n) is 7.40. The normalized spacial score (nSPS) is 11.0. The lowest BCUT2D eigenvalue weighted by Crippen LogP contribution is -2.10. The summed E-state index contributed by atoms with van der Waals surface area (Å²) >= 11 is 0. The molecule has 190 valence electrons. The molecule has 1 N–H and O–H groups in total. The van der Waals surface area contributed by atoms with E-state index < -0.39 is 0 Å². The van der Waals surface area contributed by atoms with Crippen molar-refractivity contribution < 1.29 is 0 Å². The number of hydrogen-bond acceptors (Lipinski definition) is 2. The van der Waals surface area contributed by atoms with E-state index >= 15 is 0 Å². The van der Waals surface area contributed by atoms with Gasteiger partial charge in [0.25, 0.3) is 0 Å². The molecule has 7 aromatic carbocycles. The Bertz CT molecular complexity index is 1900. The lowest BCUT2D eigenvalue weighted by molar-refractivity contribution is 1.30. The van der Waals surface area contributed by atoms with Crippen molar-refractivity contribution in [2.75, 3.05) is 10.2 Å². The number of nitrogens with zero attached hydrogens (tertiary/aromatic N) is 1. The van der Waals surface area contributed by atoms with Crippen molar-refractivity contribution in [1.29, 1.82) is 0 Å². The maximum atomic E-state index is 3.54. The zero-order valence-electron chi connectivity index (χ0n) is 22.0. The van der Waals surface area contributed by atoms with Gasteiger partial charge in [0.15, 0.2) is 0 Å². The topological polar surface area (TPSA) is 15.3 Å². The average molecular weight is 513 g/mol. The van der Waals surface area contributed by atoms with E-state index in [2.05, 4.69) is 174 Å². The molecular formula is C38H28N2. The van der Waals surface area contributed by atoms with Gasteiger partial charge in [-0.3, -0.25) is 0 Å². The summed E-state index contributed by atoms with van der Waals surface area (Å²) in [5.41, 5.74) is 7.96. The summed E-state index contributed by atoms with van der Waals surface area (Å²) < 4.78 is 0. The average Bonchev–Trinajstić information content (AvgIpc) is 3.03. The van der Waals surface area contributed by atoms with E-state index in [-0.39, 0.29) is 0 Å². The van der Waals surface area contributed by atoms with E-state index in [9.17, 15) is 0 Å². The summed E-state index contributed by atoms with van der Waals surface area (Å²) in [6.45, 7) is 0. The lowest BCUT2D eigenvalue weighted by Gasteiger charge is -2.27. The van der Waals surface area contributed by atoms with Crippen LogP contribution in [-0.2, 0) is 0 Å². The summed E-state index contributed by atoms with van der Waals surface area (Å²) in [6.07, 6.45) is 0.